The number of amides is 1. The average Bonchev–Trinajstić information content (AvgIpc) is 2.61. The van der Waals surface area contributed by atoms with Crippen LogP contribution in [0.2, 0.25) is 0 Å². The van der Waals surface area contributed by atoms with Gasteiger partial charge in [-0.1, -0.05) is 6.07 Å². The third kappa shape index (κ3) is 3.71. The van der Waals surface area contributed by atoms with Crippen LogP contribution in [0.5, 0.6) is 5.88 Å². The Morgan fingerprint density at radius 3 is 2.58 bits per heavy atom. The molecule has 0 aliphatic carbocycles. The molecule has 1 aromatic heterocycles. The number of carbonyl (C=O) groups is 1. The standard InChI is InChI=1S/C17H11F3IN3O2/c1-26-16-12-6-5-9(7-13(12)14(21)23-24-16)15(25)22-11-4-2-3-10(8-11)17(18,19)20/h2-8H,1H3,(H,22,25). The van der Waals surface area contributed by atoms with Crippen LogP contribution in [0.4, 0.5) is 18.9 Å². The summed E-state index contributed by atoms with van der Waals surface area (Å²) in [6, 6.07) is 9.26. The second-order valence-electron chi connectivity index (χ2n) is 5.29. The Morgan fingerprint density at radius 1 is 1.12 bits per heavy atom. The average molecular weight is 473 g/mol. The highest BCUT2D eigenvalue weighted by molar-refractivity contribution is 14.1. The highest BCUT2D eigenvalue weighted by Crippen LogP contribution is 2.31. The molecule has 9 heteroatoms. The van der Waals surface area contributed by atoms with Crippen molar-refractivity contribution >= 4 is 45.0 Å². The zero-order chi connectivity index (χ0) is 18.9. The Balaban J connectivity index is 1.92. The molecule has 1 N–H and O–H groups in total. The number of fused-ring (bicyclic) bond motifs is 1. The van der Waals surface area contributed by atoms with E-state index in [-0.39, 0.29) is 11.3 Å². The molecule has 26 heavy (non-hydrogen) atoms. The van der Waals surface area contributed by atoms with E-state index in [2.05, 4.69) is 15.5 Å². The van der Waals surface area contributed by atoms with Crippen molar-refractivity contribution in [2.24, 2.45) is 0 Å². The van der Waals surface area contributed by atoms with Crippen molar-refractivity contribution in [2.45, 2.75) is 6.18 Å². The van der Waals surface area contributed by atoms with E-state index in [9.17, 15) is 18.0 Å². The van der Waals surface area contributed by atoms with Gasteiger partial charge in [-0.2, -0.15) is 13.2 Å². The van der Waals surface area contributed by atoms with Crippen LogP contribution in [0.15, 0.2) is 42.5 Å². The summed E-state index contributed by atoms with van der Waals surface area (Å²) < 4.78 is 44.1. The van der Waals surface area contributed by atoms with E-state index in [0.717, 1.165) is 12.1 Å². The van der Waals surface area contributed by atoms with Gasteiger partial charge in [0, 0.05) is 22.0 Å². The van der Waals surface area contributed by atoms with Gasteiger partial charge in [-0.3, -0.25) is 4.79 Å². The highest BCUT2D eigenvalue weighted by atomic mass is 127. The van der Waals surface area contributed by atoms with Crippen molar-refractivity contribution in [3.8, 4) is 5.88 Å². The third-order valence-electron chi connectivity index (χ3n) is 3.60. The number of methoxy groups -OCH3 is 1. The number of nitrogens with zero attached hydrogens (tertiary/aromatic N) is 2. The molecule has 0 unspecified atom stereocenters. The molecule has 1 heterocycles. The van der Waals surface area contributed by atoms with Gasteiger partial charge >= 0.3 is 6.18 Å². The molecule has 0 atom stereocenters. The number of hydrogen-bond donors (Lipinski definition) is 1. The van der Waals surface area contributed by atoms with Crippen LogP contribution in [0.1, 0.15) is 15.9 Å². The quantitative estimate of drug-likeness (QED) is 0.569. The molecule has 0 aliphatic heterocycles. The first kappa shape index (κ1) is 18.4. The fourth-order valence-corrected chi connectivity index (χ4v) is 2.92. The number of carbonyl (C=O) groups excluding carboxylic acids is 1. The minimum atomic E-state index is -4.48. The third-order valence-corrected chi connectivity index (χ3v) is 4.40. The number of rotatable bonds is 3. The Kier molecular flexibility index (Phi) is 4.99. The molecule has 1 amide bonds. The maximum absolute atomic E-state index is 12.8. The van der Waals surface area contributed by atoms with E-state index < -0.39 is 17.6 Å². The molecule has 134 valence electrons. The van der Waals surface area contributed by atoms with Gasteiger partial charge < -0.3 is 10.1 Å². The van der Waals surface area contributed by atoms with Crippen LogP contribution >= 0.6 is 22.6 Å². The van der Waals surface area contributed by atoms with Crippen molar-refractivity contribution < 1.29 is 22.7 Å². The summed E-state index contributed by atoms with van der Waals surface area (Å²) in [4.78, 5) is 12.4. The second kappa shape index (κ2) is 7.06. The van der Waals surface area contributed by atoms with Crippen LogP contribution in [0, 0.1) is 3.70 Å². The van der Waals surface area contributed by atoms with Crippen molar-refractivity contribution in [3.05, 3.63) is 57.3 Å². The van der Waals surface area contributed by atoms with Crippen LogP contribution in [-0.4, -0.2) is 23.2 Å². The van der Waals surface area contributed by atoms with Gasteiger partial charge in [0.1, 0.15) is 3.70 Å². The Labute approximate surface area is 159 Å². The van der Waals surface area contributed by atoms with E-state index >= 15 is 0 Å². The number of aromatic nitrogens is 2. The molecule has 0 aliphatic rings. The number of nitrogens with one attached hydrogen (secondary N) is 1. The van der Waals surface area contributed by atoms with Crippen LogP contribution in [0.3, 0.4) is 0 Å². The summed E-state index contributed by atoms with van der Waals surface area (Å²) in [5.74, 6) is -0.206. The summed E-state index contributed by atoms with van der Waals surface area (Å²) in [7, 11) is 1.46. The predicted octanol–water partition coefficient (Wildman–Crippen LogP) is 4.51. The Bertz CT molecular complexity index is 993. The van der Waals surface area contributed by atoms with Gasteiger partial charge in [0.25, 0.3) is 5.91 Å². The van der Waals surface area contributed by atoms with Gasteiger partial charge in [-0.05, 0) is 59.0 Å². The van der Waals surface area contributed by atoms with Crippen molar-refractivity contribution in [1.29, 1.82) is 0 Å². The molecule has 5 nitrogen and oxygen atoms in total. The lowest BCUT2D eigenvalue weighted by Crippen LogP contribution is -2.13. The van der Waals surface area contributed by atoms with Gasteiger partial charge in [0.15, 0.2) is 0 Å². The monoisotopic (exact) mass is 473 g/mol. The van der Waals surface area contributed by atoms with Crippen LogP contribution in [0.25, 0.3) is 10.8 Å². The first-order valence-electron chi connectivity index (χ1n) is 7.28. The summed E-state index contributed by atoms with van der Waals surface area (Å²) >= 11 is 1.98. The number of benzene rings is 2. The van der Waals surface area contributed by atoms with E-state index in [0.29, 0.717) is 20.4 Å². The van der Waals surface area contributed by atoms with E-state index in [4.69, 9.17) is 4.74 Å². The zero-order valence-corrected chi connectivity index (χ0v) is 15.4. The lowest BCUT2D eigenvalue weighted by atomic mass is 10.1. The molecule has 0 radical (unpaired) electrons. The fraction of sp³-hybridized carbons (Fsp3) is 0.118. The van der Waals surface area contributed by atoms with Gasteiger partial charge in [0.2, 0.25) is 5.88 Å². The first-order chi connectivity index (χ1) is 12.3. The number of anilines is 1. The number of halogens is 4. The Hall–Kier alpha value is -2.43. The maximum Gasteiger partial charge on any atom is 0.416 e. The van der Waals surface area contributed by atoms with E-state index in [1.807, 2.05) is 22.6 Å². The summed E-state index contributed by atoms with van der Waals surface area (Å²) in [5, 5.41) is 11.7. The first-order valence-corrected chi connectivity index (χ1v) is 8.36. The van der Waals surface area contributed by atoms with E-state index in [1.165, 1.54) is 19.2 Å². The van der Waals surface area contributed by atoms with Crippen LogP contribution < -0.4 is 10.1 Å². The summed E-state index contributed by atoms with van der Waals surface area (Å²) in [5.41, 5.74) is -0.490. The minimum absolute atomic E-state index is 0.0602. The minimum Gasteiger partial charge on any atom is -0.479 e. The van der Waals surface area contributed by atoms with Gasteiger partial charge in [0.05, 0.1) is 12.7 Å². The smallest absolute Gasteiger partial charge is 0.416 e. The largest absolute Gasteiger partial charge is 0.479 e. The van der Waals surface area contributed by atoms with Gasteiger partial charge in [-0.15, -0.1) is 10.2 Å². The Morgan fingerprint density at radius 2 is 1.88 bits per heavy atom. The molecular formula is C17H11F3IN3O2. The normalized spacial score (nSPS) is 11.4. The molecule has 3 aromatic rings. The fourth-order valence-electron chi connectivity index (χ4n) is 2.37. The van der Waals surface area contributed by atoms with Crippen molar-refractivity contribution in [3.63, 3.8) is 0 Å². The van der Waals surface area contributed by atoms with Crippen molar-refractivity contribution in [2.75, 3.05) is 12.4 Å². The number of alkyl halides is 3. The van der Waals surface area contributed by atoms with Crippen molar-refractivity contribution in [1.82, 2.24) is 10.2 Å². The highest BCUT2D eigenvalue weighted by Gasteiger charge is 2.30. The molecular weight excluding hydrogens is 462 g/mol. The van der Waals surface area contributed by atoms with Gasteiger partial charge in [-0.25, -0.2) is 0 Å². The molecule has 0 fully saturated rings. The topological polar surface area (TPSA) is 64.1 Å². The molecule has 0 saturated heterocycles. The van der Waals surface area contributed by atoms with E-state index in [1.54, 1.807) is 18.2 Å². The molecule has 0 saturated carbocycles. The summed E-state index contributed by atoms with van der Waals surface area (Å²) in [6.07, 6.45) is -4.48. The second-order valence-corrected chi connectivity index (χ2v) is 6.31. The number of ether oxygens (including phenoxy) is 1. The SMILES string of the molecule is COc1nnc(I)c2cc(C(=O)Nc3cccc(C(F)(F)F)c3)ccc12. The lowest BCUT2D eigenvalue weighted by Gasteiger charge is -2.11. The van der Waals surface area contributed by atoms with Crippen LogP contribution in [-0.2, 0) is 6.18 Å². The lowest BCUT2D eigenvalue weighted by molar-refractivity contribution is -0.137. The molecule has 3 rings (SSSR count). The summed E-state index contributed by atoms with van der Waals surface area (Å²) in [6.45, 7) is 0. The maximum atomic E-state index is 12.8. The zero-order valence-electron chi connectivity index (χ0n) is 13.3. The number of hydrogen-bond acceptors (Lipinski definition) is 4. The molecule has 0 bridgehead atoms. The molecule has 0 spiro atoms. The predicted molar refractivity (Wildman–Crippen MR) is 98.2 cm³/mol. The molecule has 2 aromatic carbocycles.